The van der Waals surface area contributed by atoms with E-state index in [9.17, 15) is 13.2 Å². The number of aromatic nitrogens is 4. The molecule has 0 aliphatic carbocycles. The smallest absolute Gasteiger partial charge is 0.435 e. The summed E-state index contributed by atoms with van der Waals surface area (Å²) in [5.41, 5.74) is -0.0629. The molecule has 0 fully saturated rings. The number of fused-ring (bicyclic) bond motifs is 1. The Balaban J connectivity index is 2.46. The van der Waals surface area contributed by atoms with Crippen molar-refractivity contribution in [1.29, 1.82) is 0 Å². The van der Waals surface area contributed by atoms with Crippen LogP contribution in [0.4, 0.5) is 11.7 Å². The molecular weight excluding hydrogens is 425 g/mol. The van der Waals surface area contributed by atoms with E-state index in [4.69, 9.17) is 37.1 Å². The van der Waals surface area contributed by atoms with Gasteiger partial charge in [0.2, 0.25) is 10.0 Å². The molecule has 1 aromatic carbocycles. The van der Waals surface area contributed by atoms with Gasteiger partial charge in [-0.05, 0) is 6.07 Å². The van der Waals surface area contributed by atoms with Crippen molar-refractivity contribution in [2.75, 3.05) is 24.8 Å². The number of anilines is 2. The summed E-state index contributed by atoms with van der Waals surface area (Å²) in [6, 6.07) is 0.795. The van der Waals surface area contributed by atoms with Crippen molar-refractivity contribution >= 4 is 56.0 Å². The highest BCUT2D eigenvalue weighted by molar-refractivity contribution is 7.92. The molecule has 0 amide bonds. The highest BCUT2D eigenvalue weighted by Crippen LogP contribution is 2.43. The maximum absolute atomic E-state index is 12.4. The van der Waals surface area contributed by atoms with Gasteiger partial charge in [-0.25, -0.2) is 28.3 Å². The van der Waals surface area contributed by atoms with E-state index in [-0.39, 0.29) is 38.5 Å². The van der Waals surface area contributed by atoms with Crippen LogP contribution in [0.25, 0.3) is 11.0 Å². The molecule has 2 aromatic heterocycles. The normalized spacial score (nSPS) is 11.6. The highest BCUT2D eigenvalue weighted by atomic mass is 35.5. The maximum Gasteiger partial charge on any atom is 0.435 e. The Bertz CT molecular complexity index is 1190. The van der Waals surface area contributed by atoms with Crippen LogP contribution in [0.3, 0.4) is 0 Å². The molecule has 0 atom stereocenters. The Morgan fingerprint density at radius 2 is 1.81 bits per heavy atom. The Kier molecular flexibility index (Phi) is 4.88. The van der Waals surface area contributed by atoms with Crippen molar-refractivity contribution in [3.63, 3.8) is 0 Å². The Morgan fingerprint density at radius 1 is 1.19 bits per heavy atom. The molecule has 0 spiro atoms. The van der Waals surface area contributed by atoms with Crippen molar-refractivity contribution in [1.82, 2.24) is 20.2 Å². The molecule has 0 aliphatic heterocycles. The number of ether oxygens (including phenoxy) is 2. The lowest BCUT2D eigenvalue weighted by Crippen LogP contribution is -2.26. The number of rotatable bonds is 5. The van der Waals surface area contributed by atoms with E-state index in [1.165, 1.54) is 20.3 Å². The first-order valence-electron chi connectivity index (χ1n) is 7.01. The second-order valence-electron chi connectivity index (χ2n) is 5.05. The first-order valence-corrected chi connectivity index (χ1v) is 9.61. The summed E-state index contributed by atoms with van der Waals surface area (Å²) in [4.78, 5) is 19.7. The topological polar surface area (TPSA) is 141 Å². The summed E-state index contributed by atoms with van der Waals surface area (Å²) in [5.74, 6) is -0.945. The third kappa shape index (κ3) is 3.38. The number of benzene rings is 1. The number of hydrogen-bond donors (Lipinski definition) is 1. The van der Waals surface area contributed by atoms with Crippen LogP contribution in [-0.2, 0) is 10.0 Å². The first-order chi connectivity index (χ1) is 12.7. The molecule has 11 nitrogen and oxygen atoms in total. The molecule has 1 N–H and O–H groups in total. The standard InChI is InChI=1S/C13H11Cl2N5O6S/c1-24-10-11(25-2)17-8-6(16-10)4-5(14)7(15)9(8)20(27(3,22)23)12-18-19-13(21)26-12/h4H,1-3H3,(H,19,21). The molecule has 3 rings (SSSR count). The van der Waals surface area contributed by atoms with Gasteiger partial charge in [0.25, 0.3) is 11.8 Å². The van der Waals surface area contributed by atoms with E-state index < -0.39 is 21.8 Å². The van der Waals surface area contributed by atoms with Crippen LogP contribution in [0.5, 0.6) is 11.8 Å². The molecule has 27 heavy (non-hydrogen) atoms. The third-order valence-electron chi connectivity index (χ3n) is 3.29. The minimum Gasteiger partial charge on any atom is -0.477 e. The number of aromatic amines is 1. The Labute approximate surface area is 161 Å². The van der Waals surface area contributed by atoms with Crippen LogP contribution < -0.4 is 19.5 Å². The number of nitrogens with one attached hydrogen (secondary N) is 1. The van der Waals surface area contributed by atoms with Crippen LogP contribution in [0.1, 0.15) is 0 Å². The van der Waals surface area contributed by atoms with Crippen LogP contribution in [0.15, 0.2) is 15.3 Å². The number of nitrogens with zero attached hydrogens (tertiary/aromatic N) is 4. The average Bonchev–Trinajstić information content (AvgIpc) is 3.02. The van der Waals surface area contributed by atoms with Crippen LogP contribution in [-0.4, -0.2) is 49.1 Å². The summed E-state index contributed by atoms with van der Waals surface area (Å²) < 4.78 is 40.4. The molecule has 2 heterocycles. The predicted molar refractivity (Wildman–Crippen MR) is 96.8 cm³/mol. The molecule has 0 aliphatic rings. The Hall–Kier alpha value is -2.57. The van der Waals surface area contributed by atoms with Crippen LogP contribution in [0, 0.1) is 0 Å². The van der Waals surface area contributed by atoms with Gasteiger partial charge in [0.05, 0.1) is 36.0 Å². The second-order valence-corrected chi connectivity index (χ2v) is 7.67. The first kappa shape index (κ1) is 19.2. The van der Waals surface area contributed by atoms with Gasteiger partial charge >= 0.3 is 11.8 Å². The summed E-state index contributed by atoms with van der Waals surface area (Å²) in [7, 11) is -1.40. The minimum absolute atomic E-state index is 0.00174. The van der Waals surface area contributed by atoms with E-state index in [0.717, 1.165) is 6.26 Å². The largest absolute Gasteiger partial charge is 0.477 e. The van der Waals surface area contributed by atoms with E-state index in [1.54, 1.807) is 0 Å². The molecule has 0 saturated heterocycles. The summed E-state index contributed by atoms with van der Waals surface area (Å²) in [6.45, 7) is 0. The second kappa shape index (κ2) is 6.87. The lowest BCUT2D eigenvalue weighted by atomic mass is 10.2. The molecule has 0 unspecified atom stereocenters. The monoisotopic (exact) mass is 435 g/mol. The van der Waals surface area contributed by atoms with Gasteiger partial charge in [0, 0.05) is 0 Å². The van der Waals surface area contributed by atoms with Crippen molar-refractivity contribution < 1.29 is 22.3 Å². The van der Waals surface area contributed by atoms with Gasteiger partial charge in [0.1, 0.15) is 11.2 Å². The van der Waals surface area contributed by atoms with Gasteiger partial charge in [0.15, 0.2) is 0 Å². The number of sulfonamides is 1. The van der Waals surface area contributed by atoms with Crippen LogP contribution >= 0.6 is 23.2 Å². The maximum atomic E-state index is 12.4. The zero-order chi connectivity index (χ0) is 19.9. The number of hydrogen-bond acceptors (Lipinski definition) is 9. The highest BCUT2D eigenvalue weighted by Gasteiger charge is 2.32. The fourth-order valence-electron chi connectivity index (χ4n) is 2.26. The average molecular weight is 436 g/mol. The quantitative estimate of drug-likeness (QED) is 0.633. The molecular formula is C13H11Cl2N5O6S. The molecule has 14 heteroatoms. The van der Waals surface area contributed by atoms with Crippen molar-refractivity contribution in [3.05, 3.63) is 26.7 Å². The number of methoxy groups -OCH3 is 2. The summed E-state index contributed by atoms with van der Waals surface area (Å²) in [6.07, 6.45) is 0.860. The molecule has 3 aromatic rings. The van der Waals surface area contributed by atoms with Gasteiger partial charge in [-0.3, -0.25) is 0 Å². The van der Waals surface area contributed by atoms with Crippen molar-refractivity contribution in [3.8, 4) is 11.8 Å². The molecule has 0 radical (unpaired) electrons. The lowest BCUT2D eigenvalue weighted by molar-refractivity contribution is 0.334. The Morgan fingerprint density at radius 3 is 2.33 bits per heavy atom. The number of halogens is 2. The predicted octanol–water partition coefficient (Wildman–Crippen LogP) is 1.73. The van der Waals surface area contributed by atoms with Crippen molar-refractivity contribution in [2.24, 2.45) is 0 Å². The zero-order valence-corrected chi connectivity index (χ0v) is 16.3. The fourth-order valence-corrected chi connectivity index (χ4v) is 3.60. The SMILES string of the molecule is COc1nc2cc(Cl)c(Cl)c(N(c3n[nH]c(=O)o3)S(C)(=O)=O)c2nc1OC. The zero-order valence-electron chi connectivity index (χ0n) is 14.0. The fraction of sp³-hybridized carbons (Fsp3) is 0.231. The van der Waals surface area contributed by atoms with Gasteiger partial charge in [-0.1, -0.05) is 23.2 Å². The van der Waals surface area contributed by atoms with E-state index in [1.807, 2.05) is 5.10 Å². The third-order valence-corrected chi connectivity index (χ3v) is 5.07. The van der Waals surface area contributed by atoms with Gasteiger partial charge < -0.3 is 13.9 Å². The van der Waals surface area contributed by atoms with E-state index >= 15 is 0 Å². The van der Waals surface area contributed by atoms with Gasteiger partial charge in [-0.15, -0.1) is 5.10 Å². The summed E-state index contributed by atoms with van der Waals surface area (Å²) in [5, 5.41) is 5.33. The molecule has 0 bridgehead atoms. The van der Waals surface area contributed by atoms with E-state index in [2.05, 4.69) is 15.1 Å². The minimum atomic E-state index is -4.09. The van der Waals surface area contributed by atoms with Gasteiger partial charge in [-0.2, -0.15) is 4.31 Å². The molecule has 0 saturated carbocycles. The van der Waals surface area contributed by atoms with Crippen LogP contribution in [0.2, 0.25) is 10.0 Å². The van der Waals surface area contributed by atoms with Crippen molar-refractivity contribution in [2.45, 2.75) is 0 Å². The summed E-state index contributed by atoms with van der Waals surface area (Å²) >= 11 is 12.4. The molecule has 144 valence electrons. The van der Waals surface area contributed by atoms with E-state index in [0.29, 0.717) is 4.31 Å². The number of H-pyrrole nitrogens is 1. The lowest BCUT2D eigenvalue weighted by Gasteiger charge is -2.21.